The molecule has 2 fully saturated rings. The molecule has 2 saturated heterocycles. The Balaban J connectivity index is 1.71. The molecule has 1 unspecified atom stereocenters. The van der Waals surface area contributed by atoms with Crippen LogP contribution in [0.2, 0.25) is 0 Å². The number of nitrogens with zero attached hydrogens (tertiary/aromatic N) is 2. The first-order chi connectivity index (χ1) is 9.25. The van der Waals surface area contributed by atoms with Crippen molar-refractivity contribution < 1.29 is 4.74 Å². The van der Waals surface area contributed by atoms with Crippen molar-refractivity contribution in [3.05, 3.63) is 0 Å². The van der Waals surface area contributed by atoms with Crippen LogP contribution in [-0.4, -0.2) is 74.4 Å². The molecule has 2 aliphatic heterocycles. The quantitative estimate of drug-likeness (QED) is 0.783. The second-order valence-electron chi connectivity index (χ2n) is 6.20. The monoisotopic (exact) mass is 269 g/mol. The summed E-state index contributed by atoms with van der Waals surface area (Å²) in [6.45, 7) is 13.4. The zero-order valence-electron chi connectivity index (χ0n) is 12.7. The van der Waals surface area contributed by atoms with Crippen molar-refractivity contribution in [3.63, 3.8) is 0 Å². The largest absolute Gasteiger partial charge is 0.379 e. The lowest BCUT2D eigenvalue weighted by Gasteiger charge is -2.38. The van der Waals surface area contributed by atoms with Gasteiger partial charge in [0.25, 0.3) is 0 Å². The summed E-state index contributed by atoms with van der Waals surface area (Å²) in [7, 11) is 0. The molecule has 0 aromatic rings. The summed E-state index contributed by atoms with van der Waals surface area (Å²) in [5, 5.41) is 3.61. The summed E-state index contributed by atoms with van der Waals surface area (Å²) in [4.78, 5) is 5.25. The summed E-state index contributed by atoms with van der Waals surface area (Å²) in [6.07, 6.45) is 4.14. The SMILES string of the molecule is CC(C)NCC1CCCCN1CCN1CCOCC1. The highest BCUT2D eigenvalue weighted by atomic mass is 16.5. The van der Waals surface area contributed by atoms with Gasteiger partial charge in [0.15, 0.2) is 0 Å². The molecule has 2 aliphatic rings. The molecule has 0 aromatic carbocycles. The van der Waals surface area contributed by atoms with Gasteiger partial charge in [0.2, 0.25) is 0 Å². The van der Waals surface area contributed by atoms with Crippen molar-refractivity contribution in [2.75, 3.05) is 52.5 Å². The van der Waals surface area contributed by atoms with Crippen molar-refractivity contribution in [2.45, 2.75) is 45.2 Å². The number of morpholine rings is 1. The van der Waals surface area contributed by atoms with E-state index in [1.807, 2.05) is 0 Å². The highest BCUT2D eigenvalue weighted by molar-refractivity contribution is 4.80. The minimum Gasteiger partial charge on any atom is -0.379 e. The topological polar surface area (TPSA) is 27.7 Å². The van der Waals surface area contributed by atoms with Crippen LogP contribution in [0.3, 0.4) is 0 Å². The van der Waals surface area contributed by atoms with Crippen LogP contribution in [0.25, 0.3) is 0 Å². The van der Waals surface area contributed by atoms with Crippen LogP contribution in [0.4, 0.5) is 0 Å². The van der Waals surface area contributed by atoms with Gasteiger partial charge >= 0.3 is 0 Å². The molecule has 112 valence electrons. The average Bonchev–Trinajstić information content (AvgIpc) is 2.45. The summed E-state index contributed by atoms with van der Waals surface area (Å²) < 4.78 is 5.41. The van der Waals surface area contributed by atoms with Crippen molar-refractivity contribution in [1.82, 2.24) is 15.1 Å². The van der Waals surface area contributed by atoms with E-state index < -0.39 is 0 Å². The second-order valence-corrected chi connectivity index (χ2v) is 6.20. The third-order valence-corrected chi connectivity index (χ3v) is 4.32. The van der Waals surface area contributed by atoms with E-state index in [-0.39, 0.29) is 0 Å². The van der Waals surface area contributed by atoms with Crippen LogP contribution in [0.5, 0.6) is 0 Å². The zero-order chi connectivity index (χ0) is 13.5. The average molecular weight is 269 g/mol. The van der Waals surface area contributed by atoms with Gasteiger partial charge in [-0.3, -0.25) is 9.80 Å². The number of likely N-dealkylation sites (tertiary alicyclic amines) is 1. The molecule has 2 heterocycles. The molecule has 2 rings (SSSR count). The summed E-state index contributed by atoms with van der Waals surface area (Å²) in [5.74, 6) is 0. The van der Waals surface area contributed by atoms with Crippen molar-refractivity contribution >= 4 is 0 Å². The highest BCUT2D eigenvalue weighted by Gasteiger charge is 2.22. The number of hydrogen-bond donors (Lipinski definition) is 1. The molecule has 0 spiro atoms. The molecule has 0 aliphatic carbocycles. The Labute approximate surface area is 118 Å². The third kappa shape index (κ3) is 5.38. The van der Waals surface area contributed by atoms with E-state index in [1.54, 1.807) is 0 Å². The van der Waals surface area contributed by atoms with E-state index in [2.05, 4.69) is 29.0 Å². The smallest absolute Gasteiger partial charge is 0.0594 e. The molecule has 0 aromatic heterocycles. The fraction of sp³-hybridized carbons (Fsp3) is 1.00. The van der Waals surface area contributed by atoms with Gasteiger partial charge in [-0.15, -0.1) is 0 Å². The van der Waals surface area contributed by atoms with Gasteiger partial charge < -0.3 is 10.1 Å². The van der Waals surface area contributed by atoms with Gasteiger partial charge in [-0.05, 0) is 19.4 Å². The van der Waals surface area contributed by atoms with Crippen molar-refractivity contribution in [1.29, 1.82) is 0 Å². The van der Waals surface area contributed by atoms with E-state index in [0.29, 0.717) is 6.04 Å². The fourth-order valence-electron chi connectivity index (χ4n) is 3.05. The predicted octanol–water partition coefficient (Wildman–Crippen LogP) is 1.17. The summed E-state index contributed by atoms with van der Waals surface area (Å²) in [5.41, 5.74) is 0. The fourth-order valence-corrected chi connectivity index (χ4v) is 3.05. The lowest BCUT2D eigenvalue weighted by atomic mass is 10.0. The Bertz CT molecular complexity index is 242. The molecule has 0 amide bonds. The van der Waals surface area contributed by atoms with Gasteiger partial charge in [0.05, 0.1) is 13.2 Å². The Morgan fingerprint density at radius 1 is 1.11 bits per heavy atom. The maximum atomic E-state index is 5.41. The third-order valence-electron chi connectivity index (χ3n) is 4.32. The molecule has 1 atom stereocenters. The molecule has 1 N–H and O–H groups in total. The lowest BCUT2D eigenvalue weighted by Crippen LogP contribution is -2.50. The van der Waals surface area contributed by atoms with Crippen LogP contribution in [0.1, 0.15) is 33.1 Å². The molecule has 0 bridgehead atoms. The number of ether oxygens (including phenoxy) is 1. The minimum absolute atomic E-state index is 0.600. The first-order valence-electron chi connectivity index (χ1n) is 8.03. The molecule has 0 radical (unpaired) electrons. The molecule has 19 heavy (non-hydrogen) atoms. The van der Waals surface area contributed by atoms with E-state index in [0.717, 1.165) is 38.9 Å². The lowest BCUT2D eigenvalue weighted by molar-refractivity contribution is 0.0282. The van der Waals surface area contributed by atoms with E-state index in [1.165, 1.54) is 38.9 Å². The molecular weight excluding hydrogens is 238 g/mol. The van der Waals surface area contributed by atoms with Gasteiger partial charge in [-0.2, -0.15) is 0 Å². The van der Waals surface area contributed by atoms with Gasteiger partial charge in [-0.1, -0.05) is 20.3 Å². The molecule has 0 saturated carbocycles. The van der Waals surface area contributed by atoms with Crippen LogP contribution in [0, 0.1) is 0 Å². The number of nitrogens with one attached hydrogen (secondary N) is 1. The Morgan fingerprint density at radius 3 is 2.63 bits per heavy atom. The van der Waals surface area contributed by atoms with Crippen LogP contribution < -0.4 is 5.32 Å². The van der Waals surface area contributed by atoms with Crippen LogP contribution in [0.15, 0.2) is 0 Å². The van der Waals surface area contributed by atoms with Crippen molar-refractivity contribution in [2.24, 2.45) is 0 Å². The zero-order valence-corrected chi connectivity index (χ0v) is 12.7. The van der Waals surface area contributed by atoms with Crippen LogP contribution >= 0.6 is 0 Å². The molecular formula is C15H31N3O. The predicted molar refractivity (Wildman–Crippen MR) is 79.6 cm³/mol. The molecule has 4 nitrogen and oxygen atoms in total. The van der Waals surface area contributed by atoms with Crippen LogP contribution in [-0.2, 0) is 4.74 Å². The van der Waals surface area contributed by atoms with E-state index >= 15 is 0 Å². The first kappa shape index (κ1) is 15.2. The minimum atomic E-state index is 0.600. The maximum Gasteiger partial charge on any atom is 0.0594 e. The van der Waals surface area contributed by atoms with Crippen molar-refractivity contribution in [3.8, 4) is 0 Å². The van der Waals surface area contributed by atoms with E-state index in [9.17, 15) is 0 Å². The van der Waals surface area contributed by atoms with Gasteiger partial charge in [0, 0.05) is 44.8 Å². The Hall–Kier alpha value is -0.160. The molecule has 4 heteroatoms. The second kappa shape index (κ2) is 8.20. The van der Waals surface area contributed by atoms with E-state index in [4.69, 9.17) is 4.74 Å². The number of piperidine rings is 1. The number of hydrogen-bond acceptors (Lipinski definition) is 4. The Morgan fingerprint density at radius 2 is 1.89 bits per heavy atom. The van der Waals surface area contributed by atoms with Gasteiger partial charge in [-0.25, -0.2) is 0 Å². The normalized spacial score (nSPS) is 27.0. The maximum absolute atomic E-state index is 5.41. The summed E-state index contributed by atoms with van der Waals surface area (Å²) >= 11 is 0. The first-order valence-corrected chi connectivity index (χ1v) is 8.03. The standard InChI is InChI=1S/C15H31N3O/c1-14(2)16-13-15-5-3-4-6-18(15)8-7-17-9-11-19-12-10-17/h14-16H,3-13H2,1-2H3. The Kier molecular flexibility index (Phi) is 6.57. The number of rotatable bonds is 6. The highest BCUT2D eigenvalue weighted by Crippen LogP contribution is 2.16. The van der Waals surface area contributed by atoms with Gasteiger partial charge in [0.1, 0.15) is 0 Å². The summed E-state index contributed by atoms with van der Waals surface area (Å²) in [6, 6.07) is 1.35.